The van der Waals surface area contributed by atoms with Gasteiger partial charge in [0.05, 0.1) is 12.3 Å². The molecular formula is C13H20N2O3. The van der Waals surface area contributed by atoms with Gasteiger partial charge in [-0.2, -0.15) is 0 Å². The Hall–Kier alpha value is -1.75. The number of esters is 1. The van der Waals surface area contributed by atoms with E-state index in [-0.39, 0.29) is 0 Å². The quantitative estimate of drug-likeness (QED) is 0.612. The lowest BCUT2D eigenvalue weighted by Gasteiger charge is -2.15. The fraction of sp³-hybridized carbons (Fsp3) is 0.462. The zero-order valence-electron chi connectivity index (χ0n) is 11.1. The minimum Gasteiger partial charge on any atom is -0.489 e. The third kappa shape index (κ3) is 3.92. The van der Waals surface area contributed by atoms with Gasteiger partial charge in [0.15, 0.2) is 5.75 Å². The highest BCUT2D eigenvalue weighted by atomic mass is 16.5. The first kappa shape index (κ1) is 14.3. The van der Waals surface area contributed by atoms with Gasteiger partial charge in [-0.3, -0.25) is 0 Å². The predicted octanol–water partition coefficient (Wildman–Crippen LogP) is 1.39. The summed E-state index contributed by atoms with van der Waals surface area (Å²) in [6.45, 7) is 3.30. The fourth-order valence-electron chi connectivity index (χ4n) is 1.42. The number of carbonyl (C=O) groups is 1. The van der Waals surface area contributed by atoms with Crippen molar-refractivity contribution < 1.29 is 14.3 Å². The number of nitrogens with two attached hydrogens (primary N) is 1. The molecule has 0 atom stereocenters. The van der Waals surface area contributed by atoms with Gasteiger partial charge in [0.2, 0.25) is 0 Å². The summed E-state index contributed by atoms with van der Waals surface area (Å²) >= 11 is 0. The summed E-state index contributed by atoms with van der Waals surface area (Å²) in [7, 11) is 3.90. The maximum Gasteiger partial charge on any atom is 0.341 e. The van der Waals surface area contributed by atoms with Crippen LogP contribution in [0.15, 0.2) is 18.2 Å². The molecule has 1 aromatic rings. The van der Waals surface area contributed by atoms with Gasteiger partial charge < -0.3 is 20.1 Å². The van der Waals surface area contributed by atoms with E-state index in [1.165, 1.54) is 0 Å². The van der Waals surface area contributed by atoms with Crippen molar-refractivity contribution in [2.45, 2.75) is 6.92 Å². The Kier molecular flexibility index (Phi) is 5.45. The van der Waals surface area contributed by atoms with Crippen molar-refractivity contribution in [1.29, 1.82) is 0 Å². The maximum atomic E-state index is 11.7. The number of ether oxygens (including phenoxy) is 2. The lowest BCUT2D eigenvalue weighted by atomic mass is 10.1. The van der Waals surface area contributed by atoms with Gasteiger partial charge in [-0.05, 0) is 33.2 Å². The Bertz CT molecular complexity index is 405. The lowest BCUT2D eigenvalue weighted by Crippen LogP contribution is -2.20. The molecule has 1 rings (SSSR count). The maximum absolute atomic E-state index is 11.7. The molecule has 0 aromatic heterocycles. The second-order valence-corrected chi connectivity index (χ2v) is 4.10. The molecule has 18 heavy (non-hydrogen) atoms. The summed E-state index contributed by atoms with van der Waals surface area (Å²) in [5, 5.41) is 0. The topological polar surface area (TPSA) is 64.8 Å². The van der Waals surface area contributed by atoms with Crippen molar-refractivity contribution >= 4 is 11.7 Å². The first-order valence-electron chi connectivity index (χ1n) is 5.89. The van der Waals surface area contributed by atoms with Crippen molar-refractivity contribution in [3.8, 4) is 5.75 Å². The number of para-hydroxylation sites is 1. The number of nitrogens with zero attached hydrogens (tertiary/aromatic N) is 1. The molecule has 0 aliphatic carbocycles. The van der Waals surface area contributed by atoms with E-state index < -0.39 is 5.97 Å². The molecule has 0 amide bonds. The van der Waals surface area contributed by atoms with E-state index in [2.05, 4.69) is 0 Å². The molecule has 0 heterocycles. The third-order valence-corrected chi connectivity index (χ3v) is 2.33. The molecule has 0 unspecified atom stereocenters. The monoisotopic (exact) mass is 252 g/mol. The van der Waals surface area contributed by atoms with Crippen LogP contribution in [-0.4, -0.2) is 44.7 Å². The van der Waals surface area contributed by atoms with Gasteiger partial charge in [0, 0.05) is 6.54 Å². The molecule has 2 N–H and O–H groups in total. The summed E-state index contributed by atoms with van der Waals surface area (Å²) in [4.78, 5) is 13.7. The molecule has 5 nitrogen and oxygen atoms in total. The number of likely N-dealkylation sites (N-methyl/N-ethyl adjacent to an activating group) is 1. The normalized spacial score (nSPS) is 10.4. The Morgan fingerprint density at radius 3 is 2.72 bits per heavy atom. The van der Waals surface area contributed by atoms with Crippen LogP contribution in [0.2, 0.25) is 0 Å². The molecule has 5 heteroatoms. The average molecular weight is 252 g/mol. The summed E-state index contributed by atoms with van der Waals surface area (Å²) in [5.74, 6) is -0.0116. The van der Waals surface area contributed by atoms with Crippen molar-refractivity contribution in [2.75, 3.05) is 39.6 Å². The van der Waals surface area contributed by atoms with Crippen LogP contribution in [0.25, 0.3) is 0 Å². The molecule has 0 aliphatic rings. The van der Waals surface area contributed by atoms with Gasteiger partial charge >= 0.3 is 5.97 Å². The number of rotatable bonds is 6. The second kappa shape index (κ2) is 6.86. The Balaban J connectivity index is 2.83. The third-order valence-electron chi connectivity index (χ3n) is 2.33. The number of nitrogen functional groups attached to an aromatic ring is 1. The average Bonchev–Trinajstić information content (AvgIpc) is 2.31. The van der Waals surface area contributed by atoms with E-state index in [1.54, 1.807) is 25.1 Å². The Labute approximate surface area is 107 Å². The second-order valence-electron chi connectivity index (χ2n) is 4.10. The van der Waals surface area contributed by atoms with Crippen molar-refractivity contribution in [2.24, 2.45) is 0 Å². The summed E-state index contributed by atoms with van der Waals surface area (Å²) in [6.07, 6.45) is 0. The first-order valence-corrected chi connectivity index (χ1v) is 5.89. The molecule has 0 aliphatic heterocycles. The van der Waals surface area contributed by atoms with Crippen LogP contribution in [0.4, 0.5) is 5.69 Å². The van der Waals surface area contributed by atoms with E-state index in [4.69, 9.17) is 15.2 Å². The molecule has 0 fully saturated rings. The minimum atomic E-state index is -0.412. The molecule has 100 valence electrons. The molecular weight excluding hydrogens is 232 g/mol. The van der Waals surface area contributed by atoms with E-state index in [0.717, 1.165) is 6.54 Å². The smallest absolute Gasteiger partial charge is 0.341 e. The zero-order valence-corrected chi connectivity index (χ0v) is 11.1. The number of anilines is 1. The van der Waals surface area contributed by atoms with Crippen molar-refractivity contribution in [3.05, 3.63) is 23.8 Å². The van der Waals surface area contributed by atoms with Crippen LogP contribution in [0.3, 0.4) is 0 Å². The number of benzene rings is 1. The SMILES string of the molecule is CCOC(=O)c1cccc(N)c1OCCN(C)C. The van der Waals surface area contributed by atoms with Crippen LogP contribution < -0.4 is 10.5 Å². The number of hydrogen-bond donors (Lipinski definition) is 1. The summed E-state index contributed by atoms with van der Waals surface area (Å²) < 4.78 is 10.5. The standard InChI is InChI=1S/C13H20N2O3/c1-4-17-13(16)10-6-5-7-11(14)12(10)18-9-8-15(2)3/h5-7H,4,8-9,14H2,1-3H3. The highest BCUT2D eigenvalue weighted by Crippen LogP contribution is 2.27. The van der Waals surface area contributed by atoms with Crippen LogP contribution in [0.1, 0.15) is 17.3 Å². The van der Waals surface area contributed by atoms with Crippen LogP contribution in [0.5, 0.6) is 5.75 Å². The van der Waals surface area contributed by atoms with Crippen molar-refractivity contribution in [1.82, 2.24) is 4.90 Å². The van der Waals surface area contributed by atoms with Crippen LogP contribution >= 0.6 is 0 Å². The molecule has 0 radical (unpaired) electrons. The van der Waals surface area contributed by atoms with E-state index in [0.29, 0.717) is 30.2 Å². The lowest BCUT2D eigenvalue weighted by molar-refractivity contribution is 0.0521. The Morgan fingerprint density at radius 2 is 2.11 bits per heavy atom. The summed E-state index contributed by atoms with van der Waals surface area (Å²) in [5.41, 5.74) is 6.64. The molecule has 0 saturated heterocycles. The van der Waals surface area contributed by atoms with Gasteiger partial charge in [-0.15, -0.1) is 0 Å². The highest BCUT2D eigenvalue weighted by Gasteiger charge is 2.16. The minimum absolute atomic E-state index is 0.324. The Morgan fingerprint density at radius 1 is 1.39 bits per heavy atom. The first-order chi connectivity index (χ1) is 8.56. The van der Waals surface area contributed by atoms with E-state index in [9.17, 15) is 4.79 Å². The number of hydrogen-bond acceptors (Lipinski definition) is 5. The summed E-state index contributed by atoms with van der Waals surface area (Å²) in [6, 6.07) is 5.06. The molecule has 0 bridgehead atoms. The van der Waals surface area contributed by atoms with Gasteiger partial charge in [-0.1, -0.05) is 6.07 Å². The van der Waals surface area contributed by atoms with Gasteiger partial charge in [0.1, 0.15) is 12.2 Å². The van der Waals surface area contributed by atoms with Gasteiger partial charge in [0.25, 0.3) is 0 Å². The predicted molar refractivity (Wildman–Crippen MR) is 70.9 cm³/mol. The highest BCUT2D eigenvalue weighted by molar-refractivity contribution is 5.94. The van der Waals surface area contributed by atoms with E-state index >= 15 is 0 Å². The number of carbonyl (C=O) groups excluding carboxylic acids is 1. The molecule has 1 aromatic carbocycles. The van der Waals surface area contributed by atoms with Crippen LogP contribution in [0, 0.1) is 0 Å². The van der Waals surface area contributed by atoms with Gasteiger partial charge in [-0.25, -0.2) is 4.79 Å². The molecule has 0 saturated carbocycles. The molecule has 0 spiro atoms. The zero-order chi connectivity index (χ0) is 13.5. The van der Waals surface area contributed by atoms with Crippen molar-refractivity contribution in [3.63, 3.8) is 0 Å². The van der Waals surface area contributed by atoms with E-state index in [1.807, 2.05) is 19.0 Å². The fourth-order valence-corrected chi connectivity index (χ4v) is 1.42. The van der Waals surface area contributed by atoms with Crippen LogP contribution in [-0.2, 0) is 4.74 Å². The largest absolute Gasteiger partial charge is 0.489 e.